The second-order valence-corrected chi connectivity index (χ2v) is 21.2. The molecule has 3 amide bonds. The van der Waals surface area contributed by atoms with Gasteiger partial charge in [0.1, 0.15) is 18.1 Å². The zero-order valence-electron chi connectivity index (χ0n) is 34.4. The van der Waals surface area contributed by atoms with E-state index in [1.807, 2.05) is 31.0 Å². The third kappa shape index (κ3) is 9.02. The molecule has 5 heterocycles. The molecule has 5 aliphatic rings. The molecule has 0 spiro atoms. The zero-order chi connectivity index (χ0) is 41.6. The topological polar surface area (TPSA) is 147 Å². The number of likely N-dealkylation sites (tertiary alicyclic amines) is 1. The molecule has 3 saturated heterocycles. The molecule has 15 heteroatoms. The normalized spacial score (nSPS) is 26.9. The Morgan fingerprint density at radius 2 is 1.76 bits per heavy atom. The van der Waals surface area contributed by atoms with Crippen molar-refractivity contribution in [3.05, 3.63) is 64.3 Å². The summed E-state index contributed by atoms with van der Waals surface area (Å²) in [5.74, 6) is -2.19. The maximum atomic E-state index is 16.7. The molecule has 5 fully saturated rings. The first kappa shape index (κ1) is 42.0. The fourth-order valence-electron chi connectivity index (χ4n) is 9.59. The van der Waals surface area contributed by atoms with Crippen LogP contribution in [0, 0.1) is 24.7 Å². The largest absolute Gasteiger partial charge is 0.464 e. The average Bonchev–Trinajstić information content (AvgIpc) is 3.55. The van der Waals surface area contributed by atoms with Gasteiger partial charge in [0.05, 0.1) is 17.6 Å². The number of nitrogens with one attached hydrogen (secondary N) is 2. The van der Waals surface area contributed by atoms with E-state index in [0.29, 0.717) is 60.9 Å². The average molecular weight is 850 g/mol. The Bertz CT molecular complexity index is 2120. The van der Waals surface area contributed by atoms with E-state index >= 15 is 4.39 Å². The van der Waals surface area contributed by atoms with Gasteiger partial charge in [-0.1, -0.05) is 39.2 Å². The number of pyridine rings is 1. The van der Waals surface area contributed by atoms with E-state index in [9.17, 15) is 23.7 Å². The number of hydrogen-bond donors (Lipinski definition) is 2. The quantitative estimate of drug-likeness (QED) is 0.130. The molecule has 0 radical (unpaired) electrons. The number of carbonyl (C=O) groups excluding carboxylic acids is 4. The summed E-state index contributed by atoms with van der Waals surface area (Å²) >= 11 is 1.23. The van der Waals surface area contributed by atoms with Crippen molar-refractivity contribution in [3.8, 4) is 0 Å². The molecule has 1 aromatic carbocycles. The molecule has 8 atom stereocenters. The SMILES string of the molecule is Cc1ccncc1C1CN(C(=O)[C@@H]2CC[C@@H]3C[C@H]4C[C@H]4C[C@H](NC(=O)c4cc5cc(C(F)P(=O)(N[C@@H](C)C(=O)OCC(C)C)OC6CCCCC6)ccc5s4)C(=O)N32)C1. The van der Waals surface area contributed by atoms with E-state index in [2.05, 4.69) is 22.3 Å². The molecule has 59 heavy (non-hydrogen) atoms. The number of aryl methyl sites for hydroxylation is 1. The van der Waals surface area contributed by atoms with Crippen molar-refractivity contribution in [1.82, 2.24) is 25.2 Å². The number of alkyl halides is 1. The van der Waals surface area contributed by atoms with Crippen molar-refractivity contribution in [2.45, 2.75) is 134 Å². The van der Waals surface area contributed by atoms with Gasteiger partial charge in [-0.2, -0.15) is 0 Å². The molecule has 2 aromatic heterocycles. The summed E-state index contributed by atoms with van der Waals surface area (Å²) in [5, 5.41) is 6.34. The Morgan fingerprint density at radius 3 is 2.51 bits per heavy atom. The van der Waals surface area contributed by atoms with Crippen molar-refractivity contribution in [3.63, 3.8) is 0 Å². The molecule has 2 N–H and O–H groups in total. The first-order chi connectivity index (χ1) is 28.3. The summed E-state index contributed by atoms with van der Waals surface area (Å²) < 4.78 is 43.3. The monoisotopic (exact) mass is 849 g/mol. The minimum absolute atomic E-state index is 0.0208. The number of nitrogens with zero attached hydrogens (tertiary/aromatic N) is 3. The summed E-state index contributed by atoms with van der Waals surface area (Å²) in [6, 6.07) is 6.05. The number of halogens is 1. The first-order valence-electron chi connectivity index (χ1n) is 21.5. The summed E-state index contributed by atoms with van der Waals surface area (Å²) in [6.07, 6.45) is 11.2. The van der Waals surface area contributed by atoms with Gasteiger partial charge < -0.3 is 24.4 Å². The van der Waals surface area contributed by atoms with Crippen LogP contribution >= 0.6 is 18.9 Å². The van der Waals surface area contributed by atoms with Crippen LogP contribution in [0.4, 0.5) is 4.39 Å². The van der Waals surface area contributed by atoms with Gasteiger partial charge in [-0.25, -0.2) is 9.48 Å². The molecule has 2 aliphatic carbocycles. The zero-order valence-corrected chi connectivity index (χ0v) is 36.2. The Morgan fingerprint density at radius 1 is 1.00 bits per heavy atom. The fourth-order valence-corrected chi connectivity index (χ4v) is 12.7. The van der Waals surface area contributed by atoms with Crippen LogP contribution in [0.3, 0.4) is 0 Å². The van der Waals surface area contributed by atoms with E-state index in [-0.39, 0.29) is 41.9 Å². The number of carbonyl (C=O) groups is 4. The highest BCUT2D eigenvalue weighted by Gasteiger charge is 2.52. The summed E-state index contributed by atoms with van der Waals surface area (Å²) in [5.41, 5.74) is 2.41. The Hall–Kier alpha value is -3.71. The van der Waals surface area contributed by atoms with Crippen LogP contribution in [0.1, 0.15) is 123 Å². The Kier molecular flexibility index (Phi) is 12.3. The maximum Gasteiger partial charge on any atom is 0.323 e. The summed E-state index contributed by atoms with van der Waals surface area (Å²) in [6.45, 7) is 8.76. The predicted octanol–water partition coefficient (Wildman–Crippen LogP) is 7.81. The van der Waals surface area contributed by atoms with Gasteiger partial charge in [-0.05, 0) is 123 Å². The Balaban J connectivity index is 0.964. The molecule has 0 bridgehead atoms. The van der Waals surface area contributed by atoms with Crippen molar-refractivity contribution >= 4 is 52.6 Å². The standard InChI is InChI=1S/C44H57FN5O7PS/c1-25(2)24-56-44(54)27(4)48-58(55,57-34-8-6-5-7-9-34)40(45)28-10-13-38-31(16-28)20-39(59-38)41(51)47-36-19-30-17-29(30)18-33-11-12-37(50(33)42(36)52)43(53)49-22-32(23-49)35-21-46-15-14-26(35)3/h10,13-16,20-21,25,27,29-30,32-34,36-37,40H,5-9,11-12,17-19,22-24H2,1-4H3,(H,47,51)(H,48,55)/t27-,29+,30-,33+,36-,37-,40?,58?/m0/s1. The maximum absolute atomic E-state index is 16.7. The number of ether oxygens (including phenoxy) is 1. The van der Waals surface area contributed by atoms with E-state index in [0.717, 1.165) is 54.4 Å². The molecule has 2 saturated carbocycles. The number of thiophene rings is 1. The van der Waals surface area contributed by atoms with Gasteiger partial charge in [0, 0.05) is 42.1 Å². The van der Waals surface area contributed by atoms with Crippen molar-refractivity contribution < 1.29 is 37.4 Å². The molecule has 8 rings (SSSR count). The van der Waals surface area contributed by atoms with Crippen LogP contribution in [0.5, 0.6) is 0 Å². The second kappa shape index (κ2) is 17.3. The van der Waals surface area contributed by atoms with E-state index in [4.69, 9.17) is 9.26 Å². The Labute approximate surface area is 349 Å². The van der Waals surface area contributed by atoms with Crippen LogP contribution < -0.4 is 10.4 Å². The van der Waals surface area contributed by atoms with E-state index in [1.54, 1.807) is 35.4 Å². The number of hydrogen-bond acceptors (Lipinski definition) is 9. The molecular formula is C44H57FN5O7PS. The highest BCUT2D eigenvalue weighted by Crippen LogP contribution is 2.60. The van der Waals surface area contributed by atoms with Crippen LogP contribution in [-0.2, 0) is 28.2 Å². The van der Waals surface area contributed by atoms with Crippen molar-refractivity contribution in [2.24, 2.45) is 17.8 Å². The van der Waals surface area contributed by atoms with Crippen molar-refractivity contribution in [1.29, 1.82) is 0 Å². The van der Waals surface area contributed by atoms with Gasteiger partial charge in [-0.15, -0.1) is 11.3 Å². The van der Waals surface area contributed by atoms with Gasteiger partial charge in [0.25, 0.3) is 5.91 Å². The predicted molar refractivity (Wildman–Crippen MR) is 224 cm³/mol. The highest BCUT2D eigenvalue weighted by molar-refractivity contribution is 7.57. The molecule has 2 unspecified atom stereocenters. The molecule has 3 aliphatic heterocycles. The summed E-state index contributed by atoms with van der Waals surface area (Å²) in [4.78, 5) is 63.4. The van der Waals surface area contributed by atoms with E-state index < -0.39 is 49.5 Å². The minimum Gasteiger partial charge on any atom is -0.464 e. The van der Waals surface area contributed by atoms with Gasteiger partial charge in [0.2, 0.25) is 17.7 Å². The van der Waals surface area contributed by atoms with Crippen molar-refractivity contribution in [2.75, 3.05) is 19.7 Å². The van der Waals surface area contributed by atoms with Crippen LogP contribution in [0.2, 0.25) is 0 Å². The van der Waals surface area contributed by atoms with Gasteiger partial charge in [-0.3, -0.25) is 28.7 Å². The number of benzene rings is 1. The van der Waals surface area contributed by atoms with Crippen LogP contribution in [0.15, 0.2) is 42.7 Å². The van der Waals surface area contributed by atoms with Gasteiger partial charge >= 0.3 is 13.5 Å². The fraction of sp³-hybridized carbons (Fsp3) is 0.614. The highest BCUT2D eigenvalue weighted by atomic mass is 32.1. The summed E-state index contributed by atoms with van der Waals surface area (Å²) in [7, 11) is -4.30. The van der Waals surface area contributed by atoms with Crippen LogP contribution in [0.25, 0.3) is 10.1 Å². The molecule has 318 valence electrons. The molecule has 3 aromatic rings. The number of rotatable bonds is 13. The van der Waals surface area contributed by atoms with Gasteiger partial charge in [0.15, 0.2) is 0 Å². The third-order valence-corrected chi connectivity index (χ3v) is 16.4. The lowest BCUT2D eigenvalue weighted by molar-refractivity contribution is -0.149. The second-order valence-electron chi connectivity index (χ2n) is 18.0. The lowest BCUT2D eigenvalue weighted by atomic mass is 9.89. The van der Waals surface area contributed by atoms with Crippen LogP contribution in [-0.4, -0.2) is 88.4 Å². The lowest BCUT2D eigenvalue weighted by Crippen LogP contribution is -2.59. The number of aromatic nitrogens is 1. The molecular weight excluding hydrogens is 793 g/mol. The smallest absolute Gasteiger partial charge is 0.323 e. The third-order valence-electron chi connectivity index (χ3n) is 13.0. The molecule has 12 nitrogen and oxygen atoms in total. The minimum atomic E-state index is -4.30. The number of amides is 3. The number of esters is 1. The first-order valence-corrected chi connectivity index (χ1v) is 24.0. The number of fused-ring (bicyclic) bond motifs is 3. The van der Waals surface area contributed by atoms with E-state index in [1.165, 1.54) is 18.3 Å². The lowest BCUT2D eigenvalue weighted by Gasteiger charge is -2.43.